The molecule has 2 aromatic rings. The van der Waals surface area contributed by atoms with Gasteiger partial charge in [0.05, 0.1) is 11.3 Å². The normalized spacial score (nSPS) is 15.0. The van der Waals surface area contributed by atoms with Crippen molar-refractivity contribution in [3.63, 3.8) is 0 Å². The van der Waals surface area contributed by atoms with Crippen molar-refractivity contribution < 1.29 is 23.6 Å². The second kappa shape index (κ2) is 10.2. The fourth-order valence-electron chi connectivity index (χ4n) is 4.75. The maximum atomic E-state index is 13.5. The van der Waals surface area contributed by atoms with Crippen molar-refractivity contribution in [2.75, 3.05) is 5.32 Å². The highest BCUT2D eigenvalue weighted by molar-refractivity contribution is 6.43. The largest absolute Gasteiger partial charge is 0.368 e. The van der Waals surface area contributed by atoms with E-state index in [0.717, 1.165) is 32.1 Å². The number of ketones is 1. The molecule has 3 rings (SSSR count). The minimum atomic E-state index is -0.931. The monoisotopic (exact) mass is 470 g/mol. The van der Waals surface area contributed by atoms with Crippen LogP contribution in [0.25, 0.3) is 0 Å². The van der Waals surface area contributed by atoms with E-state index in [4.69, 9.17) is 5.73 Å². The summed E-state index contributed by atoms with van der Waals surface area (Å²) in [6.45, 7) is 4.85. The second-order valence-electron chi connectivity index (χ2n) is 8.99. The summed E-state index contributed by atoms with van der Waals surface area (Å²) in [5.41, 5.74) is 7.46. The molecule has 1 saturated carbocycles. The van der Waals surface area contributed by atoms with Gasteiger partial charge in [0.15, 0.2) is 0 Å². The molecule has 0 aliphatic heterocycles. The lowest BCUT2D eigenvalue weighted by molar-refractivity contribution is -0.126. The van der Waals surface area contributed by atoms with Crippen molar-refractivity contribution >= 4 is 29.2 Å². The first-order valence-electron chi connectivity index (χ1n) is 11.4. The molecule has 182 valence electrons. The smallest absolute Gasteiger partial charge is 0.294 e. The molecule has 1 heterocycles. The molecule has 0 saturated heterocycles. The molecule has 0 radical (unpaired) electrons. The van der Waals surface area contributed by atoms with Gasteiger partial charge in [-0.15, -0.1) is 0 Å². The SMILES string of the molecule is Cc1cc(NC(=O)c2c(C)c(C(=O)C(=O)NC(C(N)=O)C3CCCCC3)n(C)c2C)ccc1F. The number of amides is 3. The molecule has 0 bridgehead atoms. The van der Waals surface area contributed by atoms with E-state index in [1.54, 1.807) is 27.8 Å². The number of nitrogens with one attached hydrogen (secondary N) is 2. The van der Waals surface area contributed by atoms with E-state index in [2.05, 4.69) is 10.6 Å². The molecule has 1 aliphatic rings. The number of halogens is 1. The zero-order valence-corrected chi connectivity index (χ0v) is 20.0. The van der Waals surface area contributed by atoms with Gasteiger partial charge in [-0.2, -0.15) is 0 Å². The number of aryl methyl sites for hydroxylation is 1. The fraction of sp³-hybridized carbons (Fsp3) is 0.440. The van der Waals surface area contributed by atoms with Crippen LogP contribution in [0.5, 0.6) is 0 Å². The summed E-state index contributed by atoms with van der Waals surface area (Å²) in [5, 5.41) is 5.25. The number of hydrogen-bond acceptors (Lipinski definition) is 4. The van der Waals surface area contributed by atoms with Gasteiger partial charge < -0.3 is 20.9 Å². The number of Topliss-reactive ketones (excluding diaryl/α,β-unsaturated/α-hetero) is 1. The number of aromatic nitrogens is 1. The van der Waals surface area contributed by atoms with Gasteiger partial charge in [0.25, 0.3) is 17.6 Å². The Balaban J connectivity index is 1.83. The van der Waals surface area contributed by atoms with Crippen molar-refractivity contribution in [3.05, 3.63) is 52.1 Å². The van der Waals surface area contributed by atoms with Gasteiger partial charge in [0.2, 0.25) is 5.91 Å². The quantitative estimate of drug-likeness (QED) is 0.425. The standard InChI is InChI=1S/C25H31FN4O4/c1-13-12-17(10-11-18(13)26)28-24(33)19-14(2)21(30(4)15(19)3)22(31)25(34)29-20(23(27)32)16-8-6-5-7-9-16/h10-12,16,20H,5-9H2,1-4H3,(H2,27,32)(H,28,33)(H,29,34). The summed E-state index contributed by atoms with van der Waals surface area (Å²) in [5.74, 6) is -3.40. The molecule has 9 heteroatoms. The Morgan fingerprint density at radius 1 is 1.09 bits per heavy atom. The number of benzene rings is 1. The average Bonchev–Trinajstić information content (AvgIpc) is 3.02. The molecule has 3 amide bonds. The summed E-state index contributed by atoms with van der Waals surface area (Å²) in [6.07, 6.45) is 4.48. The van der Waals surface area contributed by atoms with Crippen LogP contribution in [0.15, 0.2) is 18.2 Å². The summed E-state index contributed by atoms with van der Waals surface area (Å²) in [4.78, 5) is 50.9. The van der Waals surface area contributed by atoms with Crippen LogP contribution in [0, 0.1) is 32.5 Å². The van der Waals surface area contributed by atoms with Crippen LogP contribution in [0.1, 0.15) is 69.8 Å². The Kier molecular flexibility index (Phi) is 7.54. The van der Waals surface area contributed by atoms with E-state index in [1.165, 1.54) is 22.8 Å². The zero-order chi connectivity index (χ0) is 25.2. The third kappa shape index (κ3) is 5.03. The Morgan fingerprint density at radius 2 is 1.74 bits per heavy atom. The number of hydrogen-bond donors (Lipinski definition) is 3. The van der Waals surface area contributed by atoms with Crippen LogP contribution < -0.4 is 16.4 Å². The number of carbonyl (C=O) groups is 4. The van der Waals surface area contributed by atoms with Crippen LogP contribution in [-0.2, 0) is 16.6 Å². The third-order valence-electron chi connectivity index (χ3n) is 6.71. The Bertz CT molecular complexity index is 1150. The second-order valence-corrected chi connectivity index (χ2v) is 8.99. The molecule has 1 unspecified atom stereocenters. The Labute approximate surface area is 198 Å². The summed E-state index contributed by atoms with van der Waals surface area (Å²) >= 11 is 0. The molecule has 8 nitrogen and oxygen atoms in total. The van der Waals surface area contributed by atoms with Gasteiger partial charge in [-0.25, -0.2) is 4.39 Å². The van der Waals surface area contributed by atoms with Gasteiger partial charge >= 0.3 is 0 Å². The Hall–Kier alpha value is -3.49. The molecule has 0 spiro atoms. The minimum Gasteiger partial charge on any atom is -0.368 e. The molecule has 1 aromatic carbocycles. The number of rotatable bonds is 7. The summed E-state index contributed by atoms with van der Waals surface area (Å²) in [7, 11) is 1.59. The van der Waals surface area contributed by atoms with E-state index in [1.807, 2.05) is 0 Å². The number of nitrogens with two attached hydrogens (primary N) is 1. The molecule has 1 aromatic heterocycles. The molecule has 1 atom stereocenters. The van der Waals surface area contributed by atoms with Crippen molar-refractivity contribution in [2.45, 2.75) is 58.9 Å². The molecule has 1 fully saturated rings. The maximum absolute atomic E-state index is 13.5. The topological polar surface area (TPSA) is 123 Å². The van der Waals surface area contributed by atoms with Gasteiger partial charge in [-0.1, -0.05) is 19.3 Å². The lowest BCUT2D eigenvalue weighted by Gasteiger charge is -2.28. The number of primary amides is 1. The van der Waals surface area contributed by atoms with Crippen molar-refractivity contribution in [3.8, 4) is 0 Å². The highest BCUT2D eigenvalue weighted by Gasteiger charge is 2.34. The maximum Gasteiger partial charge on any atom is 0.294 e. The van der Waals surface area contributed by atoms with E-state index in [9.17, 15) is 23.6 Å². The average molecular weight is 471 g/mol. The lowest BCUT2D eigenvalue weighted by Crippen LogP contribution is -2.51. The number of carbonyl (C=O) groups excluding carboxylic acids is 4. The Morgan fingerprint density at radius 3 is 2.32 bits per heavy atom. The van der Waals surface area contributed by atoms with Crippen LogP contribution in [-0.4, -0.2) is 34.1 Å². The van der Waals surface area contributed by atoms with Gasteiger partial charge in [0.1, 0.15) is 11.9 Å². The predicted molar refractivity (Wildman–Crippen MR) is 126 cm³/mol. The molecular formula is C25H31FN4O4. The van der Waals surface area contributed by atoms with Gasteiger partial charge in [0, 0.05) is 18.4 Å². The molecular weight excluding hydrogens is 439 g/mol. The van der Waals surface area contributed by atoms with Crippen molar-refractivity contribution in [2.24, 2.45) is 18.7 Å². The van der Waals surface area contributed by atoms with E-state index in [0.29, 0.717) is 22.5 Å². The first-order valence-corrected chi connectivity index (χ1v) is 11.4. The predicted octanol–water partition coefficient (Wildman–Crippen LogP) is 3.07. The summed E-state index contributed by atoms with van der Waals surface area (Å²) < 4.78 is 15.0. The minimum absolute atomic E-state index is 0.0577. The third-order valence-corrected chi connectivity index (χ3v) is 6.71. The van der Waals surface area contributed by atoms with Crippen LogP contribution in [0.2, 0.25) is 0 Å². The number of nitrogens with zero attached hydrogens (tertiary/aromatic N) is 1. The van der Waals surface area contributed by atoms with E-state index in [-0.39, 0.29) is 23.0 Å². The van der Waals surface area contributed by atoms with E-state index < -0.39 is 29.5 Å². The zero-order valence-electron chi connectivity index (χ0n) is 20.0. The summed E-state index contributed by atoms with van der Waals surface area (Å²) in [6, 6.07) is 3.30. The fourth-order valence-corrected chi connectivity index (χ4v) is 4.75. The lowest BCUT2D eigenvalue weighted by atomic mass is 9.83. The van der Waals surface area contributed by atoms with Crippen molar-refractivity contribution in [1.82, 2.24) is 9.88 Å². The van der Waals surface area contributed by atoms with Crippen LogP contribution in [0.3, 0.4) is 0 Å². The molecule has 34 heavy (non-hydrogen) atoms. The van der Waals surface area contributed by atoms with Crippen LogP contribution >= 0.6 is 0 Å². The van der Waals surface area contributed by atoms with Gasteiger partial charge in [-0.3, -0.25) is 19.2 Å². The van der Waals surface area contributed by atoms with Crippen molar-refractivity contribution in [1.29, 1.82) is 0 Å². The van der Waals surface area contributed by atoms with Crippen LogP contribution in [0.4, 0.5) is 10.1 Å². The first-order chi connectivity index (χ1) is 16.0. The van der Waals surface area contributed by atoms with E-state index >= 15 is 0 Å². The molecule has 1 aliphatic carbocycles. The number of anilines is 1. The van der Waals surface area contributed by atoms with Gasteiger partial charge in [-0.05, 0) is 68.9 Å². The highest BCUT2D eigenvalue weighted by atomic mass is 19.1. The molecule has 4 N–H and O–H groups in total. The first kappa shape index (κ1) is 25.1. The highest BCUT2D eigenvalue weighted by Crippen LogP contribution is 2.27.